The SMILES string of the molecule is CC(=Cc1ccc(CN)cc1)CCC=O. The first kappa shape index (κ1) is 11.7. The minimum atomic E-state index is 0.577. The first-order chi connectivity index (χ1) is 7.26. The molecule has 80 valence electrons. The van der Waals surface area contributed by atoms with Gasteiger partial charge in [0.1, 0.15) is 6.29 Å². The molecule has 1 aromatic carbocycles. The number of carbonyl (C=O) groups is 1. The molecule has 1 aromatic rings. The van der Waals surface area contributed by atoms with Crippen molar-refractivity contribution in [2.24, 2.45) is 5.73 Å². The monoisotopic (exact) mass is 203 g/mol. The third-order valence-electron chi connectivity index (χ3n) is 2.29. The Morgan fingerprint density at radius 3 is 2.53 bits per heavy atom. The molecule has 15 heavy (non-hydrogen) atoms. The third-order valence-corrected chi connectivity index (χ3v) is 2.29. The average Bonchev–Trinajstić information content (AvgIpc) is 2.27. The van der Waals surface area contributed by atoms with Crippen molar-refractivity contribution < 1.29 is 4.79 Å². The van der Waals surface area contributed by atoms with Gasteiger partial charge in [0.2, 0.25) is 0 Å². The summed E-state index contributed by atoms with van der Waals surface area (Å²) in [5.74, 6) is 0. The highest BCUT2D eigenvalue weighted by Crippen LogP contribution is 2.11. The van der Waals surface area contributed by atoms with E-state index in [1.54, 1.807) is 0 Å². The molecule has 1 rings (SSSR count). The van der Waals surface area contributed by atoms with Gasteiger partial charge in [0.15, 0.2) is 0 Å². The van der Waals surface area contributed by atoms with Crippen LogP contribution in [0.5, 0.6) is 0 Å². The van der Waals surface area contributed by atoms with Gasteiger partial charge in [-0.25, -0.2) is 0 Å². The summed E-state index contributed by atoms with van der Waals surface area (Å²) in [5.41, 5.74) is 9.04. The minimum Gasteiger partial charge on any atom is -0.326 e. The lowest BCUT2D eigenvalue weighted by Crippen LogP contribution is -1.95. The van der Waals surface area contributed by atoms with Crippen molar-refractivity contribution in [3.63, 3.8) is 0 Å². The van der Waals surface area contributed by atoms with Gasteiger partial charge in [0.25, 0.3) is 0 Å². The predicted octanol–water partition coefficient (Wildman–Crippen LogP) is 2.53. The Labute approximate surface area is 90.8 Å². The Kier molecular flexibility index (Phi) is 4.78. The molecule has 0 spiro atoms. The smallest absolute Gasteiger partial charge is 0.120 e. The number of hydrogen-bond donors (Lipinski definition) is 1. The number of rotatable bonds is 5. The van der Waals surface area contributed by atoms with Crippen LogP contribution < -0.4 is 5.73 Å². The Hall–Kier alpha value is -1.41. The van der Waals surface area contributed by atoms with E-state index >= 15 is 0 Å². The molecule has 0 fully saturated rings. The van der Waals surface area contributed by atoms with E-state index in [1.807, 2.05) is 31.2 Å². The highest BCUT2D eigenvalue weighted by molar-refractivity contribution is 5.55. The molecular weight excluding hydrogens is 186 g/mol. The molecule has 2 N–H and O–H groups in total. The van der Waals surface area contributed by atoms with Crippen molar-refractivity contribution in [3.8, 4) is 0 Å². The van der Waals surface area contributed by atoms with Crippen LogP contribution in [-0.4, -0.2) is 6.29 Å². The summed E-state index contributed by atoms with van der Waals surface area (Å²) in [4.78, 5) is 10.2. The molecule has 0 unspecified atom stereocenters. The highest BCUT2D eigenvalue weighted by atomic mass is 16.1. The van der Waals surface area contributed by atoms with Crippen molar-refractivity contribution in [2.75, 3.05) is 0 Å². The maximum atomic E-state index is 10.2. The van der Waals surface area contributed by atoms with Gasteiger partial charge in [-0.2, -0.15) is 0 Å². The molecule has 0 amide bonds. The molecule has 0 radical (unpaired) electrons. The number of allylic oxidation sites excluding steroid dienone is 1. The third kappa shape index (κ3) is 4.09. The molecule has 0 aliphatic rings. The predicted molar refractivity (Wildman–Crippen MR) is 63.3 cm³/mol. The highest BCUT2D eigenvalue weighted by Gasteiger charge is 1.93. The average molecular weight is 203 g/mol. The molecule has 0 saturated carbocycles. The Morgan fingerprint density at radius 2 is 2.00 bits per heavy atom. The topological polar surface area (TPSA) is 43.1 Å². The van der Waals surface area contributed by atoms with E-state index in [-0.39, 0.29) is 0 Å². The molecule has 2 nitrogen and oxygen atoms in total. The first-order valence-corrected chi connectivity index (χ1v) is 5.16. The number of aldehydes is 1. The van der Waals surface area contributed by atoms with Crippen molar-refractivity contribution in [2.45, 2.75) is 26.3 Å². The van der Waals surface area contributed by atoms with E-state index in [2.05, 4.69) is 6.08 Å². The molecule has 0 bridgehead atoms. The minimum absolute atomic E-state index is 0.577. The zero-order valence-corrected chi connectivity index (χ0v) is 9.07. The van der Waals surface area contributed by atoms with Gasteiger partial charge in [-0.1, -0.05) is 35.9 Å². The number of carbonyl (C=O) groups excluding carboxylic acids is 1. The summed E-state index contributed by atoms with van der Waals surface area (Å²) in [6.07, 6.45) is 4.49. The fourth-order valence-corrected chi connectivity index (χ4v) is 1.39. The number of hydrogen-bond acceptors (Lipinski definition) is 2. The van der Waals surface area contributed by atoms with Crippen LogP contribution in [0.1, 0.15) is 30.9 Å². The van der Waals surface area contributed by atoms with Crippen molar-refractivity contribution in [1.82, 2.24) is 0 Å². The second kappa shape index (κ2) is 6.14. The quantitative estimate of drug-likeness (QED) is 0.747. The van der Waals surface area contributed by atoms with Crippen LogP contribution >= 0.6 is 0 Å². The molecule has 0 heterocycles. The summed E-state index contributed by atoms with van der Waals surface area (Å²) in [5, 5.41) is 0. The standard InChI is InChI=1S/C13H17NO/c1-11(3-2-8-15)9-12-4-6-13(10-14)7-5-12/h4-9H,2-3,10,14H2,1H3. The van der Waals surface area contributed by atoms with Gasteiger partial charge in [-0.3, -0.25) is 0 Å². The molecule has 0 saturated heterocycles. The van der Waals surface area contributed by atoms with Crippen LogP contribution in [0, 0.1) is 0 Å². The van der Waals surface area contributed by atoms with Crippen LogP contribution in [0.2, 0.25) is 0 Å². The second-order valence-corrected chi connectivity index (χ2v) is 3.64. The molecular formula is C13H17NO. The van der Waals surface area contributed by atoms with Gasteiger partial charge in [-0.15, -0.1) is 0 Å². The van der Waals surface area contributed by atoms with E-state index in [0.29, 0.717) is 13.0 Å². The lowest BCUT2D eigenvalue weighted by molar-refractivity contribution is -0.107. The lowest BCUT2D eigenvalue weighted by Gasteiger charge is -2.00. The number of nitrogens with two attached hydrogens (primary N) is 1. The second-order valence-electron chi connectivity index (χ2n) is 3.64. The van der Waals surface area contributed by atoms with Crippen LogP contribution in [0.4, 0.5) is 0 Å². The van der Waals surface area contributed by atoms with E-state index < -0.39 is 0 Å². The van der Waals surface area contributed by atoms with Crippen molar-refractivity contribution >= 4 is 12.4 Å². The zero-order chi connectivity index (χ0) is 11.1. The summed E-state index contributed by atoms with van der Waals surface area (Å²) in [6, 6.07) is 8.15. The van der Waals surface area contributed by atoms with Crippen LogP contribution in [-0.2, 0) is 11.3 Å². The van der Waals surface area contributed by atoms with E-state index in [4.69, 9.17) is 5.73 Å². The summed E-state index contributed by atoms with van der Waals surface area (Å²) in [6.45, 7) is 2.62. The molecule has 0 aromatic heterocycles. The van der Waals surface area contributed by atoms with Crippen LogP contribution in [0.15, 0.2) is 29.8 Å². The lowest BCUT2D eigenvalue weighted by atomic mass is 10.1. The van der Waals surface area contributed by atoms with Gasteiger partial charge in [-0.05, 0) is 24.5 Å². The van der Waals surface area contributed by atoms with Crippen LogP contribution in [0.3, 0.4) is 0 Å². The zero-order valence-electron chi connectivity index (χ0n) is 9.07. The Bertz CT molecular complexity index is 338. The van der Waals surface area contributed by atoms with Crippen molar-refractivity contribution in [1.29, 1.82) is 0 Å². The first-order valence-electron chi connectivity index (χ1n) is 5.16. The maximum Gasteiger partial charge on any atom is 0.120 e. The van der Waals surface area contributed by atoms with E-state index in [9.17, 15) is 4.79 Å². The molecule has 0 aliphatic heterocycles. The fraction of sp³-hybridized carbons (Fsp3) is 0.308. The van der Waals surface area contributed by atoms with E-state index in [0.717, 1.165) is 23.8 Å². The fourth-order valence-electron chi connectivity index (χ4n) is 1.39. The van der Waals surface area contributed by atoms with Crippen molar-refractivity contribution in [3.05, 3.63) is 41.0 Å². The van der Waals surface area contributed by atoms with Crippen LogP contribution in [0.25, 0.3) is 6.08 Å². The normalized spacial score (nSPS) is 11.5. The van der Waals surface area contributed by atoms with Gasteiger partial charge in [0.05, 0.1) is 0 Å². The number of benzene rings is 1. The molecule has 2 heteroatoms. The molecule has 0 aliphatic carbocycles. The van der Waals surface area contributed by atoms with E-state index in [1.165, 1.54) is 5.57 Å². The molecule has 0 atom stereocenters. The van der Waals surface area contributed by atoms with Gasteiger partial charge in [0, 0.05) is 13.0 Å². The largest absolute Gasteiger partial charge is 0.326 e. The summed E-state index contributed by atoms with van der Waals surface area (Å²) < 4.78 is 0. The Balaban J connectivity index is 2.66. The van der Waals surface area contributed by atoms with Gasteiger partial charge >= 0.3 is 0 Å². The maximum absolute atomic E-state index is 10.2. The summed E-state index contributed by atoms with van der Waals surface area (Å²) >= 11 is 0. The summed E-state index contributed by atoms with van der Waals surface area (Å²) in [7, 11) is 0. The Morgan fingerprint density at radius 1 is 1.33 bits per heavy atom. The van der Waals surface area contributed by atoms with Gasteiger partial charge < -0.3 is 10.5 Å².